The van der Waals surface area contributed by atoms with Crippen molar-refractivity contribution in [2.75, 3.05) is 39.8 Å². The summed E-state index contributed by atoms with van der Waals surface area (Å²) in [6, 6.07) is 16.3. The summed E-state index contributed by atoms with van der Waals surface area (Å²) < 4.78 is 11.0. The van der Waals surface area contributed by atoms with Crippen LogP contribution in [-0.2, 0) is 15.9 Å². The molecule has 1 saturated carbocycles. The Kier molecular flexibility index (Phi) is 11.6. The highest BCUT2D eigenvalue weighted by Gasteiger charge is 2.46. The molecule has 4 rings (SSSR count). The lowest BCUT2D eigenvalue weighted by Gasteiger charge is -2.36. The molecule has 1 aliphatic heterocycles. The molecule has 2 aliphatic rings. The van der Waals surface area contributed by atoms with Crippen LogP contribution >= 0.6 is 0 Å². The average Bonchev–Trinajstić information content (AvgIpc) is 3.80. The number of carbonyl (C=O) groups is 2. The molecule has 2 N–H and O–H groups in total. The summed E-state index contributed by atoms with van der Waals surface area (Å²) in [5.41, 5.74) is 4.36. The summed E-state index contributed by atoms with van der Waals surface area (Å²) in [5, 5.41) is 10.7. The van der Waals surface area contributed by atoms with Gasteiger partial charge in [0.25, 0.3) is 0 Å². The molecule has 2 aromatic carbocycles. The number of aryl methyl sites for hydroxylation is 1. The molecule has 0 radical (unpaired) electrons. The Morgan fingerprint density at radius 2 is 1.70 bits per heavy atom. The molecule has 2 fully saturated rings. The molecule has 1 amide bonds. The van der Waals surface area contributed by atoms with E-state index in [0.717, 1.165) is 69.4 Å². The number of likely N-dealkylation sites (tertiary alicyclic amines) is 1. The van der Waals surface area contributed by atoms with Crippen LogP contribution in [0.1, 0.15) is 86.3 Å². The van der Waals surface area contributed by atoms with E-state index in [4.69, 9.17) is 14.9 Å². The molecular weight excluding hydrogens is 552 g/mol. The van der Waals surface area contributed by atoms with Crippen LogP contribution in [0.4, 0.5) is 4.79 Å². The van der Waals surface area contributed by atoms with Gasteiger partial charge < -0.3 is 30.0 Å². The van der Waals surface area contributed by atoms with Gasteiger partial charge in [-0.1, -0.05) is 36.4 Å². The number of ether oxygens (including phenoxy) is 2. The molecular formula is C36H50N4O4. The van der Waals surface area contributed by atoms with Crippen molar-refractivity contribution < 1.29 is 19.1 Å². The van der Waals surface area contributed by atoms with Crippen molar-refractivity contribution in [1.82, 2.24) is 15.1 Å². The Morgan fingerprint density at radius 3 is 2.30 bits per heavy atom. The molecule has 1 heterocycles. The fourth-order valence-corrected chi connectivity index (χ4v) is 6.04. The number of piperidine rings is 1. The van der Waals surface area contributed by atoms with Crippen LogP contribution in [-0.4, -0.2) is 79.6 Å². The Hall–Kier alpha value is -3.65. The second-order valence-corrected chi connectivity index (χ2v) is 13.0. The first kappa shape index (κ1) is 33.2. The van der Waals surface area contributed by atoms with Gasteiger partial charge in [0.1, 0.15) is 5.60 Å². The topological polar surface area (TPSA) is 95.0 Å². The molecule has 1 aliphatic carbocycles. The van der Waals surface area contributed by atoms with Crippen molar-refractivity contribution in [1.29, 1.82) is 5.41 Å². The van der Waals surface area contributed by atoms with Crippen LogP contribution in [0, 0.1) is 11.3 Å². The van der Waals surface area contributed by atoms with E-state index in [9.17, 15) is 9.59 Å². The van der Waals surface area contributed by atoms with Gasteiger partial charge >= 0.3 is 12.1 Å². The van der Waals surface area contributed by atoms with Crippen LogP contribution < -0.4 is 5.32 Å². The molecule has 0 bridgehead atoms. The quantitative estimate of drug-likeness (QED) is 0.201. The maximum Gasteiger partial charge on any atom is 0.410 e. The molecule has 0 spiro atoms. The summed E-state index contributed by atoms with van der Waals surface area (Å²) in [6.07, 6.45) is 8.12. The number of hydrogen-bond donors (Lipinski definition) is 2. The van der Waals surface area contributed by atoms with Gasteiger partial charge in [0.05, 0.1) is 12.2 Å². The van der Waals surface area contributed by atoms with E-state index in [1.165, 1.54) is 17.3 Å². The molecule has 0 aromatic heterocycles. The van der Waals surface area contributed by atoms with Crippen molar-refractivity contribution in [3.8, 4) is 0 Å². The first-order valence-electron chi connectivity index (χ1n) is 16.1. The van der Waals surface area contributed by atoms with Crippen molar-refractivity contribution in [2.45, 2.75) is 77.4 Å². The summed E-state index contributed by atoms with van der Waals surface area (Å²) >= 11 is 0. The Bertz CT molecular complexity index is 1270. The Labute approximate surface area is 263 Å². The van der Waals surface area contributed by atoms with Crippen LogP contribution in [0.2, 0.25) is 0 Å². The van der Waals surface area contributed by atoms with Crippen molar-refractivity contribution in [3.05, 3.63) is 77.0 Å². The predicted octanol–water partition coefficient (Wildman–Crippen LogP) is 6.51. The summed E-state index contributed by atoms with van der Waals surface area (Å²) in [6.45, 7) is 11.9. The number of rotatable bonds is 13. The summed E-state index contributed by atoms with van der Waals surface area (Å²) in [4.78, 5) is 29.8. The normalized spacial score (nSPS) is 19.2. The number of esters is 1. The zero-order valence-corrected chi connectivity index (χ0v) is 27.1. The number of nitrogens with zero attached hydrogens (tertiary/aromatic N) is 2. The van der Waals surface area contributed by atoms with Gasteiger partial charge in [-0.3, -0.25) is 0 Å². The van der Waals surface area contributed by atoms with Gasteiger partial charge in [-0.25, -0.2) is 9.59 Å². The van der Waals surface area contributed by atoms with E-state index in [2.05, 4.69) is 34.5 Å². The number of nitrogens with one attached hydrogen (secondary N) is 2. The van der Waals surface area contributed by atoms with Crippen molar-refractivity contribution in [2.24, 2.45) is 5.92 Å². The molecule has 2 unspecified atom stereocenters. The second kappa shape index (κ2) is 15.4. The van der Waals surface area contributed by atoms with Crippen LogP contribution in [0.5, 0.6) is 0 Å². The highest BCUT2D eigenvalue weighted by molar-refractivity contribution is 6.08. The maximum absolute atomic E-state index is 13.4. The van der Waals surface area contributed by atoms with Gasteiger partial charge in [-0.2, -0.15) is 0 Å². The fraction of sp³-hybridized carbons (Fsp3) is 0.528. The summed E-state index contributed by atoms with van der Waals surface area (Å²) in [5.74, 6) is 0.495. The van der Waals surface area contributed by atoms with E-state index < -0.39 is 5.60 Å². The van der Waals surface area contributed by atoms with Gasteiger partial charge in [0, 0.05) is 43.5 Å². The lowest BCUT2D eigenvalue weighted by molar-refractivity contribution is 0.0171. The minimum absolute atomic E-state index is 0.152. The smallest absolute Gasteiger partial charge is 0.410 e. The first-order chi connectivity index (χ1) is 21.1. The zero-order chi connectivity index (χ0) is 31.7. The minimum Gasteiger partial charge on any atom is -0.462 e. The molecule has 8 heteroatoms. The first-order valence-corrected chi connectivity index (χ1v) is 16.1. The van der Waals surface area contributed by atoms with Gasteiger partial charge in [-0.15, -0.1) is 0 Å². The van der Waals surface area contributed by atoms with E-state index in [0.29, 0.717) is 24.0 Å². The molecule has 2 aromatic rings. The second-order valence-electron chi connectivity index (χ2n) is 13.0. The molecule has 2 atom stereocenters. The zero-order valence-electron chi connectivity index (χ0n) is 27.1. The molecule has 238 valence electrons. The third kappa shape index (κ3) is 9.42. The standard InChI is InChI=1S/C36H50N4O4/c1-6-43-34(41)30-11-9-26(10-12-30)8-7-19-39-20-17-27(18-21-39)25-40(35(42)44-36(2,3)4)33-22-32(33)29-15-13-28(14-16-29)31(23-37)24-38-5/h9-16,23-24,27,32-33,37-38H,6-8,17-22,25H2,1-5H3/b31-24+,37-23?. The molecule has 1 saturated heterocycles. The van der Waals surface area contributed by atoms with Gasteiger partial charge in [0.2, 0.25) is 0 Å². The van der Waals surface area contributed by atoms with E-state index >= 15 is 0 Å². The summed E-state index contributed by atoms with van der Waals surface area (Å²) in [7, 11) is 1.83. The van der Waals surface area contributed by atoms with Gasteiger partial charge in [-0.05, 0) is 114 Å². The SMILES string of the molecule is CCOC(=O)c1ccc(CCCN2CCC(CN(C(=O)OC(C)(C)C)C3CC3c3ccc(/C(C=N)=C/NC)cc3)CC2)cc1. The number of amides is 1. The van der Waals surface area contributed by atoms with Crippen molar-refractivity contribution >= 4 is 23.9 Å². The third-order valence-electron chi connectivity index (χ3n) is 8.48. The Balaban J connectivity index is 1.28. The lowest BCUT2D eigenvalue weighted by atomic mass is 9.95. The molecule has 8 nitrogen and oxygen atoms in total. The number of carbonyl (C=O) groups excluding carboxylic acids is 2. The van der Waals surface area contributed by atoms with Crippen LogP contribution in [0.3, 0.4) is 0 Å². The lowest BCUT2D eigenvalue weighted by Crippen LogP contribution is -2.44. The van der Waals surface area contributed by atoms with Crippen LogP contribution in [0.25, 0.3) is 5.57 Å². The van der Waals surface area contributed by atoms with Crippen LogP contribution in [0.15, 0.2) is 54.7 Å². The van der Waals surface area contributed by atoms with Gasteiger partial charge in [0.15, 0.2) is 0 Å². The average molecular weight is 603 g/mol. The van der Waals surface area contributed by atoms with E-state index in [-0.39, 0.29) is 18.1 Å². The number of allylic oxidation sites excluding steroid dienone is 1. The third-order valence-corrected chi connectivity index (χ3v) is 8.48. The predicted molar refractivity (Wildman–Crippen MR) is 176 cm³/mol. The maximum atomic E-state index is 13.4. The van der Waals surface area contributed by atoms with E-state index in [1.54, 1.807) is 0 Å². The largest absolute Gasteiger partial charge is 0.462 e. The number of benzene rings is 2. The monoisotopic (exact) mass is 602 g/mol. The number of hydrogen-bond acceptors (Lipinski definition) is 7. The Morgan fingerprint density at radius 1 is 1.05 bits per heavy atom. The molecule has 44 heavy (non-hydrogen) atoms. The fourth-order valence-electron chi connectivity index (χ4n) is 6.04. The minimum atomic E-state index is -0.535. The van der Waals surface area contributed by atoms with E-state index in [1.807, 2.05) is 70.1 Å². The van der Waals surface area contributed by atoms with Crippen molar-refractivity contribution in [3.63, 3.8) is 0 Å². The highest BCUT2D eigenvalue weighted by atomic mass is 16.6. The highest BCUT2D eigenvalue weighted by Crippen LogP contribution is 2.46.